The van der Waals surface area contributed by atoms with Crippen LogP contribution >= 0.6 is 27.3 Å². The first-order valence-electron chi connectivity index (χ1n) is 9.14. The second-order valence-electron chi connectivity index (χ2n) is 6.81. The topological polar surface area (TPSA) is 76.3 Å². The van der Waals surface area contributed by atoms with Crippen LogP contribution in [0.25, 0.3) is 10.2 Å². The third kappa shape index (κ3) is 3.66. The molecular formula is C20H19BrN4O2S. The number of halogens is 1. The number of aromatic nitrogens is 2. The minimum Gasteiger partial charge on any atom is -0.286 e. The number of hydrazone groups is 1. The zero-order chi connectivity index (χ0) is 19.7. The van der Waals surface area contributed by atoms with Crippen molar-refractivity contribution in [2.45, 2.75) is 38.6 Å². The predicted octanol–water partition coefficient (Wildman–Crippen LogP) is 3.81. The molecule has 3 aromatic rings. The highest BCUT2D eigenvalue weighted by Gasteiger charge is 2.23. The Balaban J connectivity index is 1.55. The molecule has 1 N–H and O–H groups in total. The van der Waals surface area contributed by atoms with Crippen LogP contribution in [0.5, 0.6) is 0 Å². The Hall–Kier alpha value is -2.32. The molecule has 1 aliphatic rings. The van der Waals surface area contributed by atoms with Crippen molar-refractivity contribution in [1.29, 1.82) is 0 Å². The summed E-state index contributed by atoms with van der Waals surface area (Å²) in [5.74, 6) is -0.360. The summed E-state index contributed by atoms with van der Waals surface area (Å²) >= 11 is 4.98. The van der Waals surface area contributed by atoms with Gasteiger partial charge in [-0.25, -0.2) is 10.4 Å². The second kappa shape index (κ2) is 7.97. The lowest BCUT2D eigenvalue weighted by Gasteiger charge is -2.14. The Morgan fingerprint density at radius 1 is 1.32 bits per heavy atom. The van der Waals surface area contributed by atoms with E-state index in [-0.39, 0.29) is 11.5 Å². The van der Waals surface area contributed by atoms with Gasteiger partial charge in [0.1, 0.15) is 10.9 Å². The molecule has 0 spiro atoms. The largest absolute Gasteiger partial charge is 0.286 e. The molecule has 1 amide bonds. The van der Waals surface area contributed by atoms with Crippen LogP contribution < -0.4 is 11.0 Å². The highest BCUT2D eigenvalue weighted by molar-refractivity contribution is 9.10. The van der Waals surface area contributed by atoms with Gasteiger partial charge in [-0.1, -0.05) is 28.1 Å². The van der Waals surface area contributed by atoms with Gasteiger partial charge in [-0.05, 0) is 55.9 Å². The fraction of sp³-hybridized carbons (Fsp3) is 0.300. The number of rotatable bonds is 4. The molecule has 8 heteroatoms. The Morgan fingerprint density at radius 2 is 2.07 bits per heavy atom. The number of nitrogens with one attached hydrogen (secondary N) is 1. The van der Waals surface area contributed by atoms with Crippen molar-refractivity contribution in [1.82, 2.24) is 15.0 Å². The summed E-state index contributed by atoms with van der Waals surface area (Å²) in [6, 6.07) is 6.85. The Kier molecular flexibility index (Phi) is 5.41. The van der Waals surface area contributed by atoms with E-state index in [1.54, 1.807) is 24.5 Å². The van der Waals surface area contributed by atoms with Crippen LogP contribution in [0.2, 0.25) is 0 Å². The number of fused-ring (bicyclic) bond motifs is 3. The lowest BCUT2D eigenvalue weighted by molar-refractivity contribution is -0.123. The Bertz CT molecular complexity index is 1120. The molecule has 0 bridgehead atoms. The first-order chi connectivity index (χ1) is 13.5. The minimum atomic E-state index is -0.703. The fourth-order valence-corrected chi connectivity index (χ4v) is 4.86. The molecule has 0 fully saturated rings. The molecule has 144 valence electrons. The molecule has 0 aliphatic heterocycles. The minimum absolute atomic E-state index is 0.149. The van der Waals surface area contributed by atoms with Crippen LogP contribution in [0, 0.1) is 0 Å². The van der Waals surface area contributed by atoms with Crippen molar-refractivity contribution in [2.24, 2.45) is 5.10 Å². The third-order valence-corrected chi connectivity index (χ3v) is 6.68. The van der Waals surface area contributed by atoms with E-state index >= 15 is 0 Å². The molecule has 1 aliphatic carbocycles. The maximum absolute atomic E-state index is 13.0. The number of thiophene rings is 1. The lowest BCUT2D eigenvalue weighted by atomic mass is 9.97. The first kappa shape index (κ1) is 19.0. The van der Waals surface area contributed by atoms with Gasteiger partial charge in [0.05, 0.1) is 17.9 Å². The quantitative estimate of drug-likeness (QED) is 0.476. The number of nitrogens with zero attached hydrogens (tertiary/aromatic N) is 3. The monoisotopic (exact) mass is 458 g/mol. The van der Waals surface area contributed by atoms with Crippen LogP contribution in [-0.4, -0.2) is 21.7 Å². The molecule has 4 rings (SSSR count). The maximum Gasteiger partial charge on any atom is 0.263 e. The summed E-state index contributed by atoms with van der Waals surface area (Å²) in [5.41, 5.74) is 4.35. The predicted molar refractivity (Wildman–Crippen MR) is 115 cm³/mol. The van der Waals surface area contributed by atoms with E-state index in [1.165, 1.54) is 15.8 Å². The van der Waals surface area contributed by atoms with E-state index < -0.39 is 6.04 Å². The summed E-state index contributed by atoms with van der Waals surface area (Å²) in [6.07, 6.45) is 7.20. The average Bonchev–Trinajstić information content (AvgIpc) is 3.08. The molecule has 2 heterocycles. The third-order valence-electron chi connectivity index (χ3n) is 4.96. The highest BCUT2D eigenvalue weighted by Crippen LogP contribution is 2.33. The smallest absolute Gasteiger partial charge is 0.263 e. The number of carbonyl (C=O) groups excluding carboxylic acids is 1. The normalized spacial score (nSPS) is 14.9. The number of benzene rings is 1. The Morgan fingerprint density at radius 3 is 2.86 bits per heavy atom. The van der Waals surface area contributed by atoms with Gasteiger partial charge in [-0.15, -0.1) is 11.3 Å². The molecule has 0 radical (unpaired) electrons. The van der Waals surface area contributed by atoms with Crippen LogP contribution in [0.1, 0.15) is 41.8 Å². The summed E-state index contributed by atoms with van der Waals surface area (Å²) < 4.78 is 2.37. The van der Waals surface area contributed by atoms with Crippen molar-refractivity contribution >= 4 is 49.6 Å². The summed E-state index contributed by atoms with van der Waals surface area (Å²) in [6.45, 7) is 1.68. The van der Waals surface area contributed by atoms with Crippen LogP contribution in [0.3, 0.4) is 0 Å². The van der Waals surface area contributed by atoms with E-state index in [9.17, 15) is 9.59 Å². The molecule has 2 aromatic heterocycles. The Labute approximate surface area is 174 Å². The van der Waals surface area contributed by atoms with E-state index in [1.807, 2.05) is 24.3 Å². The molecule has 1 atom stereocenters. The van der Waals surface area contributed by atoms with Crippen molar-refractivity contribution in [3.63, 3.8) is 0 Å². The van der Waals surface area contributed by atoms with Gasteiger partial charge in [0.25, 0.3) is 11.5 Å². The van der Waals surface area contributed by atoms with Crippen molar-refractivity contribution in [3.8, 4) is 0 Å². The van der Waals surface area contributed by atoms with Gasteiger partial charge >= 0.3 is 0 Å². The molecule has 28 heavy (non-hydrogen) atoms. The van der Waals surface area contributed by atoms with E-state index in [0.717, 1.165) is 46.1 Å². The standard InChI is InChI=1S/C20H19BrN4O2S/c1-12(18(26)24-23-10-13-6-8-14(21)9-7-13)25-11-22-19-17(20(25)27)15-4-2-3-5-16(15)28-19/h6-12H,2-5H2,1H3,(H,24,26). The van der Waals surface area contributed by atoms with Gasteiger partial charge in [0.2, 0.25) is 0 Å². The molecule has 0 saturated heterocycles. The molecule has 6 nitrogen and oxygen atoms in total. The molecule has 1 aromatic carbocycles. The number of aryl methyl sites for hydroxylation is 2. The second-order valence-corrected chi connectivity index (χ2v) is 8.81. The number of hydrogen-bond acceptors (Lipinski definition) is 5. The number of carbonyl (C=O) groups is 1. The zero-order valence-electron chi connectivity index (χ0n) is 15.3. The zero-order valence-corrected chi connectivity index (χ0v) is 17.7. The lowest BCUT2D eigenvalue weighted by Crippen LogP contribution is -2.34. The maximum atomic E-state index is 13.0. The van der Waals surface area contributed by atoms with Gasteiger partial charge in [0, 0.05) is 9.35 Å². The molecule has 0 saturated carbocycles. The van der Waals surface area contributed by atoms with Gasteiger partial charge in [-0.2, -0.15) is 5.10 Å². The van der Waals surface area contributed by atoms with Gasteiger partial charge in [0.15, 0.2) is 0 Å². The number of hydrogen-bond donors (Lipinski definition) is 1. The summed E-state index contributed by atoms with van der Waals surface area (Å²) in [5, 5.41) is 4.68. The number of amides is 1. The van der Waals surface area contributed by atoms with Crippen LogP contribution in [-0.2, 0) is 17.6 Å². The molecular weight excluding hydrogens is 440 g/mol. The average molecular weight is 459 g/mol. The SMILES string of the molecule is CC(C(=O)NN=Cc1ccc(Br)cc1)n1cnc2sc3c(c2c1=O)CCCC3. The highest BCUT2D eigenvalue weighted by atomic mass is 79.9. The van der Waals surface area contributed by atoms with Crippen molar-refractivity contribution < 1.29 is 4.79 Å². The van der Waals surface area contributed by atoms with E-state index in [4.69, 9.17) is 0 Å². The first-order valence-corrected chi connectivity index (χ1v) is 10.8. The van der Waals surface area contributed by atoms with E-state index in [0.29, 0.717) is 5.39 Å². The van der Waals surface area contributed by atoms with Crippen molar-refractivity contribution in [2.75, 3.05) is 0 Å². The summed E-state index contributed by atoms with van der Waals surface area (Å²) in [7, 11) is 0. The summed E-state index contributed by atoms with van der Waals surface area (Å²) in [4.78, 5) is 32.0. The van der Waals surface area contributed by atoms with E-state index in [2.05, 4.69) is 31.4 Å². The van der Waals surface area contributed by atoms with Gasteiger partial charge in [-0.3, -0.25) is 14.2 Å². The fourth-order valence-electron chi connectivity index (χ4n) is 3.37. The van der Waals surface area contributed by atoms with Gasteiger partial charge < -0.3 is 0 Å². The van der Waals surface area contributed by atoms with Crippen LogP contribution in [0.4, 0.5) is 0 Å². The molecule has 1 unspecified atom stereocenters. The van der Waals surface area contributed by atoms with Crippen molar-refractivity contribution in [3.05, 3.63) is 61.4 Å². The van der Waals surface area contributed by atoms with Crippen LogP contribution in [0.15, 0.2) is 45.0 Å².